The summed E-state index contributed by atoms with van der Waals surface area (Å²) < 4.78 is 0.731. The number of urea groups is 1. The zero-order chi connectivity index (χ0) is 14.3. The SMILES string of the molecule is O=C(c1cncc(Br)c1)N1CC(N2C(=O)CNC2=O)C1. The monoisotopic (exact) mass is 338 g/mol. The summed E-state index contributed by atoms with van der Waals surface area (Å²) in [4.78, 5) is 41.9. The molecule has 0 aliphatic carbocycles. The highest BCUT2D eigenvalue weighted by atomic mass is 79.9. The van der Waals surface area contributed by atoms with E-state index in [0.29, 0.717) is 18.7 Å². The third-order valence-corrected chi connectivity index (χ3v) is 3.78. The molecule has 2 fully saturated rings. The molecular weight excluding hydrogens is 328 g/mol. The molecular formula is C12H11BrN4O3. The van der Waals surface area contributed by atoms with Gasteiger partial charge in [0.25, 0.3) is 5.91 Å². The van der Waals surface area contributed by atoms with Crippen molar-refractivity contribution in [3.63, 3.8) is 0 Å². The van der Waals surface area contributed by atoms with E-state index in [2.05, 4.69) is 26.2 Å². The zero-order valence-electron chi connectivity index (χ0n) is 10.4. The molecule has 1 aromatic heterocycles. The van der Waals surface area contributed by atoms with Crippen LogP contribution in [0.25, 0.3) is 0 Å². The second kappa shape index (κ2) is 4.86. The van der Waals surface area contributed by atoms with Gasteiger partial charge in [0.2, 0.25) is 5.91 Å². The molecule has 0 saturated carbocycles. The fourth-order valence-electron chi connectivity index (χ4n) is 2.30. The molecule has 2 saturated heterocycles. The molecule has 0 atom stereocenters. The Balaban J connectivity index is 1.64. The van der Waals surface area contributed by atoms with Gasteiger partial charge in [0.15, 0.2) is 0 Å². The van der Waals surface area contributed by atoms with Crippen LogP contribution in [0.1, 0.15) is 10.4 Å². The minimum Gasteiger partial charge on any atom is -0.334 e. The minimum absolute atomic E-state index is 0.0405. The normalized spacial score (nSPS) is 19.1. The number of hydrogen-bond acceptors (Lipinski definition) is 4. The van der Waals surface area contributed by atoms with Crippen LogP contribution in [0.2, 0.25) is 0 Å². The van der Waals surface area contributed by atoms with E-state index in [4.69, 9.17) is 0 Å². The van der Waals surface area contributed by atoms with Gasteiger partial charge >= 0.3 is 6.03 Å². The maximum absolute atomic E-state index is 12.2. The number of aromatic nitrogens is 1. The van der Waals surface area contributed by atoms with Gasteiger partial charge in [-0.1, -0.05) is 0 Å². The molecule has 104 valence electrons. The van der Waals surface area contributed by atoms with Gasteiger partial charge < -0.3 is 10.2 Å². The van der Waals surface area contributed by atoms with Gasteiger partial charge in [0, 0.05) is 30.0 Å². The molecule has 8 heteroatoms. The quantitative estimate of drug-likeness (QED) is 0.782. The first-order valence-electron chi connectivity index (χ1n) is 6.06. The van der Waals surface area contributed by atoms with Crippen LogP contribution in [0.5, 0.6) is 0 Å². The molecule has 3 heterocycles. The molecule has 1 N–H and O–H groups in total. The van der Waals surface area contributed by atoms with Crippen LogP contribution >= 0.6 is 15.9 Å². The topological polar surface area (TPSA) is 82.6 Å². The summed E-state index contributed by atoms with van der Waals surface area (Å²) in [5.74, 6) is -0.390. The Kier molecular flexibility index (Phi) is 3.17. The lowest BCUT2D eigenvalue weighted by atomic mass is 10.1. The van der Waals surface area contributed by atoms with Crippen molar-refractivity contribution in [1.82, 2.24) is 20.1 Å². The zero-order valence-corrected chi connectivity index (χ0v) is 12.0. The summed E-state index contributed by atoms with van der Waals surface area (Å²) in [6, 6.07) is 1.08. The standard InChI is InChI=1S/C12H11BrN4O3/c13-8-1-7(2-14-3-8)11(19)16-5-9(6-16)17-10(18)4-15-12(17)20/h1-3,9H,4-6H2,(H,15,20). The number of likely N-dealkylation sites (tertiary alicyclic amines) is 1. The summed E-state index contributed by atoms with van der Waals surface area (Å²) in [5, 5.41) is 2.47. The number of carbonyl (C=O) groups excluding carboxylic acids is 3. The van der Waals surface area contributed by atoms with Gasteiger partial charge in [-0.3, -0.25) is 19.5 Å². The number of hydrogen-bond donors (Lipinski definition) is 1. The second-order valence-electron chi connectivity index (χ2n) is 4.68. The van der Waals surface area contributed by atoms with Crippen molar-refractivity contribution in [2.75, 3.05) is 19.6 Å². The van der Waals surface area contributed by atoms with E-state index in [9.17, 15) is 14.4 Å². The predicted octanol–water partition coefficient (Wildman–Crippen LogP) is 0.220. The van der Waals surface area contributed by atoms with Crippen molar-refractivity contribution in [3.8, 4) is 0 Å². The lowest BCUT2D eigenvalue weighted by molar-refractivity contribution is -0.128. The van der Waals surface area contributed by atoms with E-state index in [1.54, 1.807) is 17.2 Å². The molecule has 0 aromatic carbocycles. The minimum atomic E-state index is -0.378. The Labute approximate surface area is 123 Å². The van der Waals surface area contributed by atoms with E-state index >= 15 is 0 Å². The molecule has 4 amide bonds. The fourth-order valence-corrected chi connectivity index (χ4v) is 2.66. The number of amides is 4. The summed E-state index contributed by atoms with van der Waals surface area (Å²) >= 11 is 3.26. The Morgan fingerprint density at radius 3 is 2.70 bits per heavy atom. The third kappa shape index (κ3) is 2.15. The molecule has 2 aliphatic heterocycles. The average Bonchev–Trinajstić information content (AvgIpc) is 2.69. The highest BCUT2D eigenvalue weighted by Crippen LogP contribution is 2.20. The first-order valence-corrected chi connectivity index (χ1v) is 6.85. The van der Waals surface area contributed by atoms with E-state index in [1.165, 1.54) is 11.1 Å². The van der Waals surface area contributed by atoms with Crippen LogP contribution in [0.4, 0.5) is 4.79 Å². The van der Waals surface area contributed by atoms with Crippen LogP contribution in [0, 0.1) is 0 Å². The van der Waals surface area contributed by atoms with Gasteiger partial charge in [-0.05, 0) is 22.0 Å². The lowest BCUT2D eigenvalue weighted by Crippen LogP contribution is -2.62. The van der Waals surface area contributed by atoms with Gasteiger partial charge in [0.05, 0.1) is 18.2 Å². The van der Waals surface area contributed by atoms with E-state index < -0.39 is 0 Å². The van der Waals surface area contributed by atoms with Gasteiger partial charge in [0.1, 0.15) is 0 Å². The molecule has 0 bridgehead atoms. The summed E-state index contributed by atoms with van der Waals surface area (Å²) in [7, 11) is 0. The molecule has 3 rings (SSSR count). The van der Waals surface area contributed by atoms with E-state index in [-0.39, 0.29) is 30.4 Å². The van der Waals surface area contributed by atoms with Gasteiger partial charge in [-0.2, -0.15) is 0 Å². The molecule has 7 nitrogen and oxygen atoms in total. The molecule has 0 unspecified atom stereocenters. The fraction of sp³-hybridized carbons (Fsp3) is 0.333. The highest BCUT2D eigenvalue weighted by molar-refractivity contribution is 9.10. The number of nitrogens with one attached hydrogen (secondary N) is 1. The van der Waals surface area contributed by atoms with Crippen LogP contribution < -0.4 is 5.32 Å². The predicted molar refractivity (Wildman–Crippen MR) is 71.9 cm³/mol. The average molecular weight is 339 g/mol. The molecule has 0 spiro atoms. The smallest absolute Gasteiger partial charge is 0.324 e. The molecule has 1 aromatic rings. The van der Waals surface area contributed by atoms with Gasteiger partial charge in [-0.15, -0.1) is 0 Å². The molecule has 0 radical (unpaired) electrons. The second-order valence-corrected chi connectivity index (χ2v) is 5.59. The Morgan fingerprint density at radius 1 is 1.35 bits per heavy atom. The lowest BCUT2D eigenvalue weighted by Gasteiger charge is -2.42. The maximum Gasteiger partial charge on any atom is 0.324 e. The number of rotatable bonds is 2. The van der Waals surface area contributed by atoms with E-state index in [1.807, 2.05) is 0 Å². The summed E-state index contributed by atoms with van der Waals surface area (Å²) in [5.41, 5.74) is 0.482. The Bertz CT molecular complexity index is 584. The number of pyridine rings is 1. The summed E-state index contributed by atoms with van der Waals surface area (Å²) in [6.07, 6.45) is 3.09. The van der Waals surface area contributed by atoms with E-state index in [0.717, 1.165) is 4.47 Å². The first-order chi connectivity index (χ1) is 9.56. The van der Waals surface area contributed by atoms with Crippen LogP contribution in [0.3, 0.4) is 0 Å². The number of halogens is 1. The van der Waals surface area contributed by atoms with Crippen molar-refractivity contribution in [2.24, 2.45) is 0 Å². The summed E-state index contributed by atoms with van der Waals surface area (Å²) in [6.45, 7) is 0.772. The number of nitrogens with zero attached hydrogens (tertiary/aromatic N) is 3. The highest BCUT2D eigenvalue weighted by Gasteiger charge is 2.43. The van der Waals surface area contributed by atoms with Crippen molar-refractivity contribution in [2.45, 2.75) is 6.04 Å². The molecule has 20 heavy (non-hydrogen) atoms. The molecule has 2 aliphatic rings. The van der Waals surface area contributed by atoms with Crippen molar-refractivity contribution < 1.29 is 14.4 Å². The number of carbonyl (C=O) groups is 3. The van der Waals surface area contributed by atoms with Crippen molar-refractivity contribution in [3.05, 3.63) is 28.5 Å². The maximum atomic E-state index is 12.2. The Morgan fingerprint density at radius 2 is 2.10 bits per heavy atom. The van der Waals surface area contributed by atoms with Gasteiger partial charge in [-0.25, -0.2) is 4.79 Å². The third-order valence-electron chi connectivity index (χ3n) is 3.34. The van der Waals surface area contributed by atoms with Crippen LogP contribution in [-0.2, 0) is 4.79 Å². The largest absolute Gasteiger partial charge is 0.334 e. The van der Waals surface area contributed by atoms with Crippen LogP contribution in [-0.4, -0.2) is 58.3 Å². The van der Waals surface area contributed by atoms with Crippen LogP contribution in [0.15, 0.2) is 22.9 Å². The Hall–Kier alpha value is -1.96. The number of imide groups is 1. The first kappa shape index (κ1) is 13.0. The van der Waals surface area contributed by atoms with Crippen molar-refractivity contribution in [1.29, 1.82) is 0 Å². The van der Waals surface area contributed by atoms with Crippen molar-refractivity contribution >= 4 is 33.8 Å².